The fraction of sp³-hybridized carbons (Fsp3) is 0.643. The summed E-state index contributed by atoms with van der Waals surface area (Å²) in [6.45, 7) is 7.51. The van der Waals surface area contributed by atoms with Gasteiger partial charge in [-0.05, 0) is 27.2 Å². The number of aromatic nitrogens is 2. The first-order valence-corrected chi connectivity index (χ1v) is 6.99. The van der Waals surface area contributed by atoms with Gasteiger partial charge in [-0.25, -0.2) is 9.59 Å². The van der Waals surface area contributed by atoms with Gasteiger partial charge in [0.05, 0.1) is 5.69 Å². The van der Waals surface area contributed by atoms with Gasteiger partial charge in [-0.3, -0.25) is 4.68 Å². The van der Waals surface area contributed by atoms with Crippen molar-refractivity contribution < 1.29 is 14.7 Å². The molecule has 1 heterocycles. The number of aliphatic carboxylic acids is 1. The van der Waals surface area contributed by atoms with Crippen LogP contribution in [-0.2, 0) is 18.4 Å². The third-order valence-corrected chi connectivity index (χ3v) is 3.70. The predicted molar refractivity (Wildman–Crippen MR) is 79.0 cm³/mol. The lowest BCUT2D eigenvalue weighted by atomic mass is 9.97. The maximum absolute atomic E-state index is 11.9. The molecule has 21 heavy (non-hydrogen) atoms. The first-order valence-electron chi connectivity index (χ1n) is 6.99. The number of nitrogens with zero attached hydrogens (tertiary/aromatic N) is 2. The molecule has 1 atom stereocenters. The molecule has 0 saturated heterocycles. The van der Waals surface area contributed by atoms with E-state index in [0.29, 0.717) is 19.4 Å². The number of urea groups is 1. The molecule has 1 aromatic rings. The SMILES string of the molecule is CCCC(C)(NC(=O)NCc1c(C)nn(C)c1C)C(=O)O. The molecule has 0 radical (unpaired) electrons. The average Bonchev–Trinajstić information content (AvgIpc) is 2.61. The Bertz CT molecular complexity index is 539. The average molecular weight is 296 g/mol. The number of hydrogen-bond donors (Lipinski definition) is 3. The first kappa shape index (κ1) is 17.0. The van der Waals surface area contributed by atoms with E-state index in [1.54, 1.807) is 4.68 Å². The van der Waals surface area contributed by atoms with E-state index in [2.05, 4.69) is 15.7 Å². The minimum absolute atomic E-state index is 0.319. The molecule has 1 unspecified atom stereocenters. The predicted octanol–water partition coefficient (Wildman–Crippen LogP) is 1.48. The van der Waals surface area contributed by atoms with Gasteiger partial charge in [0.1, 0.15) is 5.54 Å². The van der Waals surface area contributed by atoms with Crippen molar-refractivity contribution in [2.75, 3.05) is 0 Å². The fourth-order valence-electron chi connectivity index (χ4n) is 2.26. The van der Waals surface area contributed by atoms with Gasteiger partial charge >= 0.3 is 12.0 Å². The highest BCUT2D eigenvalue weighted by Crippen LogP contribution is 2.13. The van der Waals surface area contributed by atoms with Crippen molar-refractivity contribution >= 4 is 12.0 Å². The lowest BCUT2D eigenvalue weighted by Gasteiger charge is -2.25. The third kappa shape index (κ3) is 3.96. The van der Waals surface area contributed by atoms with Crippen LogP contribution >= 0.6 is 0 Å². The lowest BCUT2D eigenvalue weighted by molar-refractivity contribution is -0.144. The van der Waals surface area contributed by atoms with Crippen molar-refractivity contribution in [1.82, 2.24) is 20.4 Å². The maximum Gasteiger partial charge on any atom is 0.329 e. The number of nitrogens with one attached hydrogen (secondary N) is 2. The number of amides is 2. The van der Waals surface area contributed by atoms with Crippen molar-refractivity contribution in [3.05, 3.63) is 17.0 Å². The van der Waals surface area contributed by atoms with E-state index in [-0.39, 0.29) is 0 Å². The number of carboxylic acid groups (broad SMARTS) is 1. The summed E-state index contributed by atoms with van der Waals surface area (Å²) in [5.41, 5.74) is 1.52. The van der Waals surface area contributed by atoms with Gasteiger partial charge in [-0.2, -0.15) is 5.10 Å². The molecule has 7 heteroatoms. The quantitative estimate of drug-likeness (QED) is 0.741. The van der Waals surface area contributed by atoms with E-state index >= 15 is 0 Å². The van der Waals surface area contributed by atoms with E-state index in [0.717, 1.165) is 17.0 Å². The Morgan fingerprint density at radius 1 is 1.38 bits per heavy atom. The first-order chi connectivity index (χ1) is 9.71. The number of carbonyl (C=O) groups excluding carboxylic acids is 1. The van der Waals surface area contributed by atoms with Crippen LogP contribution in [0, 0.1) is 13.8 Å². The number of carboxylic acids is 1. The smallest absolute Gasteiger partial charge is 0.329 e. The standard InChI is InChI=1S/C14H24N4O3/c1-6-7-14(4,12(19)20)16-13(21)15-8-11-9(2)17-18(5)10(11)3/h6-8H2,1-5H3,(H,19,20)(H2,15,16,21). The van der Waals surface area contributed by atoms with Crippen LogP contribution in [0.2, 0.25) is 0 Å². The molecule has 0 bridgehead atoms. The monoisotopic (exact) mass is 296 g/mol. The Hall–Kier alpha value is -2.05. The molecule has 0 aliphatic heterocycles. The van der Waals surface area contributed by atoms with Gasteiger partial charge in [-0.1, -0.05) is 13.3 Å². The van der Waals surface area contributed by atoms with Crippen molar-refractivity contribution in [3.63, 3.8) is 0 Å². The van der Waals surface area contributed by atoms with Crippen LogP contribution in [0.3, 0.4) is 0 Å². The number of rotatable bonds is 6. The van der Waals surface area contributed by atoms with Crippen molar-refractivity contribution in [3.8, 4) is 0 Å². The van der Waals surface area contributed by atoms with Gasteiger partial charge in [0.2, 0.25) is 0 Å². The summed E-state index contributed by atoms with van der Waals surface area (Å²) in [6, 6.07) is -0.490. The molecule has 7 nitrogen and oxygen atoms in total. The normalized spacial score (nSPS) is 13.6. The zero-order chi connectivity index (χ0) is 16.2. The minimum Gasteiger partial charge on any atom is -0.480 e. The van der Waals surface area contributed by atoms with Crippen molar-refractivity contribution in [2.24, 2.45) is 7.05 Å². The summed E-state index contributed by atoms with van der Waals surface area (Å²) < 4.78 is 1.75. The summed E-state index contributed by atoms with van der Waals surface area (Å²) >= 11 is 0. The largest absolute Gasteiger partial charge is 0.480 e. The highest BCUT2D eigenvalue weighted by atomic mass is 16.4. The molecule has 0 aliphatic rings. The Labute approximate surface area is 124 Å². The summed E-state index contributed by atoms with van der Waals surface area (Å²) in [6.07, 6.45) is 1.05. The van der Waals surface area contributed by atoms with E-state index in [1.807, 2.05) is 27.8 Å². The van der Waals surface area contributed by atoms with Crippen LogP contribution in [0.1, 0.15) is 43.6 Å². The maximum atomic E-state index is 11.9. The van der Waals surface area contributed by atoms with Gasteiger partial charge in [0.25, 0.3) is 0 Å². The summed E-state index contributed by atoms with van der Waals surface area (Å²) in [5.74, 6) is -1.03. The second-order valence-corrected chi connectivity index (χ2v) is 5.47. The summed E-state index contributed by atoms with van der Waals surface area (Å²) in [7, 11) is 1.84. The Balaban J connectivity index is 2.67. The second kappa shape index (κ2) is 6.60. The van der Waals surface area contributed by atoms with Gasteiger partial charge in [-0.15, -0.1) is 0 Å². The molecule has 2 amide bonds. The van der Waals surface area contributed by atoms with Crippen molar-refractivity contribution in [1.29, 1.82) is 0 Å². The van der Waals surface area contributed by atoms with E-state index in [1.165, 1.54) is 6.92 Å². The zero-order valence-electron chi connectivity index (χ0n) is 13.3. The molecular formula is C14H24N4O3. The van der Waals surface area contributed by atoms with E-state index in [9.17, 15) is 14.7 Å². The highest BCUT2D eigenvalue weighted by Gasteiger charge is 2.33. The highest BCUT2D eigenvalue weighted by molar-refractivity contribution is 5.85. The van der Waals surface area contributed by atoms with Gasteiger partial charge in [0, 0.05) is 24.8 Å². The third-order valence-electron chi connectivity index (χ3n) is 3.70. The molecule has 0 saturated carbocycles. The zero-order valence-corrected chi connectivity index (χ0v) is 13.3. The summed E-state index contributed by atoms with van der Waals surface area (Å²) in [4.78, 5) is 23.2. The number of carbonyl (C=O) groups is 2. The number of aryl methyl sites for hydroxylation is 2. The van der Waals surface area contributed by atoms with Gasteiger partial charge < -0.3 is 15.7 Å². The van der Waals surface area contributed by atoms with E-state index in [4.69, 9.17) is 0 Å². The van der Waals surface area contributed by atoms with Gasteiger partial charge in [0.15, 0.2) is 0 Å². The minimum atomic E-state index is -1.25. The van der Waals surface area contributed by atoms with Crippen LogP contribution in [0.4, 0.5) is 4.79 Å². The Morgan fingerprint density at radius 2 is 2.00 bits per heavy atom. The molecule has 0 fully saturated rings. The Kier molecular flexibility index (Phi) is 5.34. The fourth-order valence-corrected chi connectivity index (χ4v) is 2.26. The van der Waals surface area contributed by atoms with Crippen LogP contribution in [0.25, 0.3) is 0 Å². The van der Waals surface area contributed by atoms with Crippen LogP contribution in [0.15, 0.2) is 0 Å². The topological polar surface area (TPSA) is 96.3 Å². The van der Waals surface area contributed by atoms with E-state index < -0.39 is 17.5 Å². The molecular weight excluding hydrogens is 272 g/mol. The second-order valence-electron chi connectivity index (χ2n) is 5.47. The number of hydrogen-bond acceptors (Lipinski definition) is 3. The molecule has 3 N–H and O–H groups in total. The van der Waals surface area contributed by atoms with Crippen LogP contribution < -0.4 is 10.6 Å². The summed E-state index contributed by atoms with van der Waals surface area (Å²) in [5, 5.41) is 18.7. The lowest BCUT2D eigenvalue weighted by Crippen LogP contribution is -2.55. The molecule has 118 valence electrons. The van der Waals surface area contributed by atoms with Crippen LogP contribution in [-0.4, -0.2) is 32.4 Å². The van der Waals surface area contributed by atoms with Crippen molar-refractivity contribution in [2.45, 2.75) is 52.6 Å². The molecule has 0 aromatic carbocycles. The molecule has 0 spiro atoms. The molecule has 0 aliphatic carbocycles. The molecule has 1 rings (SSSR count). The van der Waals surface area contributed by atoms with Crippen LogP contribution in [0.5, 0.6) is 0 Å². The Morgan fingerprint density at radius 3 is 2.43 bits per heavy atom. The molecule has 1 aromatic heterocycles.